The third-order valence-corrected chi connectivity index (χ3v) is 5.69. The summed E-state index contributed by atoms with van der Waals surface area (Å²) in [6, 6.07) is 17.5. The minimum atomic E-state index is -0.884. The van der Waals surface area contributed by atoms with E-state index >= 15 is 0 Å². The highest BCUT2D eigenvalue weighted by molar-refractivity contribution is 5.93. The Labute approximate surface area is 208 Å². The molecular formula is C29H36O6. The number of carbonyl (C=O) groups excluding carboxylic acids is 4. The maximum absolute atomic E-state index is 12.7. The van der Waals surface area contributed by atoms with Crippen LogP contribution in [0.5, 0.6) is 0 Å². The van der Waals surface area contributed by atoms with E-state index in [1.54, 1.807) is 42.5 Å². The molecule has 6 nitrogen and oxygen atoms in total. The fraction of sp³-hybridized carbons (Fsp3) is 0.448. The third-order valence-electron chi connectivity index (χ3n) is 5.69. The second-order valence-corrected chi connectivity index (χ2v) is 8.69. The van der Waals surface area contributed by atoms with Gasteiger partial charge in [0, 0.05) is 12.8 Å². The van der Waals surface area contributed by atoms with Crippen molar-refractivity contribution >= 4 is 23.5 Å². The van der Waals surface area contributed by atoms with Gasteiger partial charge in [-0.2, -0.15) is 0 Å². The summed E-state index contributed by atoms with van der Waals surface area (Å²) in [6.45, 7) is 1.89. The lowest BCUT2D eigenvalue weighted by molar-refractivity contribution is -0.128. The predicted molar refractivity (Wildman–Crippen MR) is 134 cm³/mol. The van der Waals surface area contributed by atoms with Gasteiger partial charge >= 0.3 is 11.9 Å². The molecule has 2 rings (SSSR count). The zero-order valence-electron chi connectivity index (χ0n) is 20.6. The number of hydrogen-bond acceptors (Lipinski definition) is 6. The number of Topliss-reactive ketones (excluding diaryl/α,β-unsaturated/α-hetero) is 2. The molecule has 2 aromatic carbocycles. The molecule has 0 N–H and O–H groups in total. The van der Waals surface area contributed by atoms with Gasteiger partial charge in [0.05, 0.1) is 17.7 Å². The number of rotatable bonds is 17. The monoisotopic (exact) mass is 480 g/mol. The average Bonchev–Trinajstić information content (AvgIpc) is 2.88. The molecule has 1 atom stereocenters. The van der Waals surface area contributed by atoms with Crippen molar-refractivity contribution in [3.05, 3.63) is 71.8 Å². The van der Waals surface area contributed by atoms with Crippen LogP contribution in [0.2, 0.25) is 0 Å². The van der Waals surface area contributed by atoms with Crippen LogP contribution in [0.15, 0.2) is 60.7 Å². The van der Waals surface area contributed by atoms with Gasteiger partial charge in [-0.05, 0) is 50.5 Å². The summed E-state index contributed by atoms with van der Waals surface area (Å²) in [4.78, 5) is 48.2. The lowest BCUT2D eigenvalue weighted by Gasteiger charge is -2.16. The standard InChI is InChI=1S/C29H36O6/c1-23(30)20-21-27(35-29(33)25-17-11-8-12-18-25)26(31)19-13-5-3-2-4-6-14-22-34-28(32)24-15-9-7-10-16-24/h7-12,15-18,27H,2-6,13-14,19-22H2,1H3. The van der Waals surface area contributed by atoms with Gasteiger partial charge in [-0.3, -0.25) is 4.79 Å². The predicted octanol–water partition coefficient (Wildman–Crippen LogP) is 6.13. The second kappa shape index (κ2) is 16.4. The number of benzene rings is 2. The molecule has 0 saturated heterocycles. The fourth-order valence-corrected chi connectivity index (χ4v) is 3.66. The topological polar surface area (TPSA) is 86.7 Å². The van der Waals surface area contributed by atoms with Crippen LogP contribution >= 0.6 is 0 Å². The van der Waals surface area contributed by atoms with Gasteiger partial charge in [-0.1, -0.05) is 68.5 Å². The molecule has 0 bridgehead atoms. The van der Waals surface area contributed by atoms with Crippen molar-refractivity contribution in [2.24, 2.45) is 0 Å². The van der Waals surface area contributed by atoms with Crippen LogP contribution in [0.1, 0.15) is 91.8 Å². The molecule has 0 heterocycles. The van der Waals surface area contributed by atoms with E-state index < -0.39 is 12.1 Å². The minimum absolute atomic E-state index is 0.0339. The van der Waals surface area contributed by atoms with E-state index in [0.29, 0.717) is 24.2 Å². The highest BCUT2D eigenvalue weighted by Crippen LogP contribution is 2.15. The fourth-order valence-electron chi connectivity index (χ4n) is 3.66. The van der Waals surface area contributed by atoms with Crippen LogP contribution in [0.25, 0.3) is 0 Å². The summed E-state index contributed by atoms with van der Waals surface area (Å²) in [5.74, 6) is -0.988. The smallest absolute Gasteiger partial charge is 0.338 e. The lowest BCUT2D eigenvalue weighted by atomic mass is 10.0. The molecule has 0 fully saturated rings. The van der Waals surface area contributed by atoms with Crippen LogP contribution in [0.4, 0.5) is 0 Å². The Morgan fingerprint density at radius 3 is 1.74 bits per heavy atom. The van der Waals surface area contributed by atoms with E-state index in [4.69, 9.17) is 9.47 Å². The van der Waals surface area contributed by atoms with Crippen LogP contribution < -0.4 is 0 Å². The number of carbonyl (C=O) groups is 4. The van der Waals surface area contributed by atoms with Gasteiger partial charge in [0.25, 0.3) is 0 Å². The molecule has 0 aliphatic heterocycles. The van der Waals surface area contributed by atoms with E-state index in [-0.39, 0.29) is 30.4 Å². The third kappa shape index (κ3) is 11.6. The average molecular weight is 481 g/mol. The van der Waals surface area contributed by atoms with Crippen molar-refractivity contribution in [2.45, 2.75) is 77.2 Å². The van der Waals surface area contributed by atoms with Gasteiger partial charge in [-0.15, -0.1) is 0 Å². The van der Waals surface area contributed by atoms with Crippen LogP contribution in [-0.4, -0.2) is 36.2 Å². The largest absolute Gasteiger partial charge is 0.462 e. The summed E-state index contributed by atoms with van der Waals surface area (Å²) in [5.41, 5.74) is 0.961. The Kier molecular flexibility index (Phi) is 13.1. The molecule has 0 radical (unpaired) electrons. The van der Waals surface area contributed by atoms with Crippen molar-refractivity contribution in [1.29, 1.82) is 0 Å². The summed E-state index contributed by atoms with van der Waals surface area (Å²) in [7, 11) is 0. The first-order valence-electron chi connectivity index (χ1n) is 12.5. The molecule has 6 heteroatoms. The quantitative estimate of drug-likeness (QED) is 0.200. The van der Waals surface area contributed by atoms with E-state index in [0.717, 1.165) is 44.9 Å². The molecular weight excluding hydrogens is 444 g/mol. The maximum atomic E-state index is 12.7. The normalized spacial score (nSPS) is 11.5. The first-order chi connectivity index (χ1) is 17.0. The molecule has 35 heavy (non-hydrogen) atoms. The summed E-state index contributed by atoms with van der Waals surface area (Å²) in [5, 5.41) is 0. The molecule has 0 aliphatic rings. The highest BCUT2D eigenvalue weighted by atomic mass is 16.5. The van der Waals surface area contributed by atoms with Crippen molar-refractivity contribution in [1.82, 2.24) is 0 Å². The Morgan fingerprint density at radius 2 is 1.17 bits per heavy atom. The molecule has 0 aromatic heterocycles. The number of ketones is 2. The molecule has 0 saturated carbocycles. The Morgan fingerprint density at radius 1 is 0.657 bits per heavy atom. The van der Waals surface area contributed by atoms with Crippen molar-refractivity contribution in [2.75, 3.05) is 6.61 Å². The van der Waals surface area contributed by atoms with Crippen molar-refractivity contribution in [3.63, 3.8) is 0 Å². The molecule has 0 spiro atoms. The molecule has 0 aliphatic carbocycles. The first-order valence-corrected chi connectivity index (χ1v) is 12.5. The van der Waals surface area contributed by atoms with Gasteiger partial charge in [0.15, 0.2) is 11.9 Å². The Bertz CT molecular complexity index is 923. The zero-order valence-corrected chi connectivity index (χ0v) is 20.6. The number of esters is 2. The van der Waals surface area contributed by atoms with Crippen molar-refractivity contribution < 1.29 is 28.7 Å². The highest BCUT2D eigenvalue weighted by Gasteiger charge is 2.23. The summed E-state index contributed by atoms with van der Waals surface area (Å²) < 4.78 is 10.7. The second-order valence-electron chi connectivity index (χ2n) is 8.69. The van der Waals surface area contributed by atoms with E-state index in [1.165, 1.54) is 6.92 Å². The van der Waals surface area contributed by atoms with Gasteiger partial charge < -0.3 is 14.3 Å². The molecule has 0 amide bonds. The van der Waals surface area contributed by atoms with E-state index in [9.17, 15) is 19.2 Å². The van der Waals surface area contributed by atoms with Crippen LogP contribution in [-0.2, 0) is 19.1 Å². The number of unbranched alkanes of at least 4 members (excludes halogenated alkanes) is 6. The van der Waals surface area contributed by atoms with Crippen LogP contribution in [0.3, 0.4) is 0 Å². The Balaban J connectivity index is 1.58. The first kappa shape index (κ1) is 28.0. The van der Waals surface area contributed by atoms with Crippen molar-refractivity contribution in [3.8, 4) is 0 Å². The van der Waals surface area contributed by atoms with Gasteiger partial charge in [0.1, 0.15) is 5.78 Å². The lowest BCUT2D eigenvalue weighted by Crippen LogP contribution is -2.28. The van der Waals surface area contributed by atoms with E-state index in [1.807, 2.05) is 18.2 Å². The minimum Gasteiger partial charge on any atom is -0.462 e. The van der Waals surface area contributed by atoms with E-state index in [2.05, 4.69) is 0 Å². The summed E-state index contributed by atoms with van der Waals surface area (Å²) in [6.07, 6.45) is 6.47. The van der Waals surface area contributed by atoms with Gasteiger partial charge in [0.2, 0.25) is 0 Å². The molecule has 188 valence electrons. The number of hydrogen-bond donors (Lipinski definition) is 0. The molecule has 1 unspecified atom stereocenters. The molecule has 2 aromatic rings. The zero-order chi connectivity index (χ0) is 25.3. The Hall–Kier alpha value is -3.28. The number of ether oxygens (including phenoxy) is 2. The van der Waals surface area contributed by atoms with Crippen LogP contribution in [0, 0.1) is 0 Å². The maximum Gasteiger partial charge on any atom is 0.338 e. The SMILES string of the molecule is CC(=O)CCC(OC(=O)c1ccccc1)C(=O)CCCCCCCCCOC(=O)c1ccccc1. The van der Waals surface area contributed by atoms with Gasteiger partial charge in [-0.25, -0.2) is 9.59 Å². The summed E-state index contributed by atoms with van der Waals surface area (Å²) >= 11 is 0.